The van der Waals surface area contributed by atoms with Crippen molar-refractivity contribution in [3.63, 3.8) is 0 Å². The molecule has 1 saturated heterocycles. The predicted octanol–water partition coefficient (Wildman–Crippen LogP) is 1.41. The van der Waals surface area contributed by atoms with Gasteiger partial charge in [-0.25, -0.2) is 4.98 Å². The third-order valence-electron chi connectivity index (χ3n) is 3.61. The third-order valence-corrected chi connectivity index (χ3v) is 3.61. The Labute approximate surface area is 101 Å². The van der Waals surface area contributed by atoms with Crippen molar-refractivity contribution in [3.8, 4) is 0 Å². The summed E-state index contributed by atoms with van der Waals surface area (Å²) in [7, 11) is 2.18. The Morgan fingerprint density at radius 3 is 3.12 bits per heavy atom. The van der Waals surface area contributed by atoms with Gasteiger partial charge in [0.2, 0.25) is 0 Å². The van der Waals surface area contributed by atoms with Crippen LogP contribution in [0.15, 0.2) is 24.4 Å². The number of nitrogen functional groups attached to an aromatic ring is 1. The van der Waals surface area contributed by atoms with Gasteiger partial charge in [0.25, 0.3) is 0 Å². The quantitative estimate of drug-likeness (QED) is 0.848. The molecule has 90 valence electrons. The van der Waals surface area contributed by atoms with Gasteiger partial charge >= 0.3 is 0 Å². The summed E-state index contributed by atoms with van der Waals surface area (Å²) in [5.74, 6) is 2.59. The Morgan fingerprint density at radius 1 is 1.47 bits per heavy atom. The van der Waals surface area contributed by atoms with Crippen LogP contribution < -0.4 is 5.73 Å². The molecule has 0 radical (unpaired) electrons. The second-order valence-corrected chi connectivity index (χ2v) is 5.01. The van der Waals surface area contributed by atoms with Gasteiger partial charge in [-0.05, 0) is 38.1 Å². The fourth-order valence-electron chi connectivity index (χ4n) is 2.74. The Bertz CT molecular complexity index is 531. The summed E-state index contributed by atoms with van der Waals surface area (Å²) in [6.07, 6.45) is 4.19. The smallest absolute Gasteiger partial charge is 0.115 e. The zero-order chi connectivity index (χ0) is 11.8. The molecule has 2 aromatic rings. The van der Waals surface area contributed by atoms with E-state index < -0.39 is 0 Å². The van der Waals surface area contributed by atoms with Gasteiger partial charge in [0.1, 0.15) is 11.6 Å². The van der Waals surface area contributed by atoms with Crippen LogP contribution in [0.2, 0.25) is 0 Å². The minimum Gasteiger partial charge on any atom is -0.385 e. The molecule has 0 aliphatic carbocycles. The Balaban J connectivity index is 1.90. The largest absolute Gasteiger partial charge is 0.385 e. The van der Waals surface area contributed by atoms with E-state index in [-0.39, 0.29) is 0 Å². The minimum absolute atomic E-state index is 0.713. The van der Waals surface area contributed by atoms with Crippen molar-refractivity contribution in [2.24, 2.45) is 5.92 Å². The average Bonchev–Trinajstić information content (AvgIpc) is 2.88. The van der Waals surface area contributed by atoms with Gasteiger partial charge in [-0.3, -0.25) is 4.40 Å². The number of nitrogens with zero attached hydrogens (tertiary/aromatic N) is 3. The zero-order valence-corrected chi connectivity index (χ0v) is 10.1. The lowest BCUT2D eigenvalue weighted by molar-refractivity contribution is 0.392. The highest BCUT2D eigenvalue weighted by Crippen LogP contribution is 2.21. The van der Waals surface area contributed by atoms with Gasteiger partial charge in [0.15, 0.2) is 0 Å². The van der Waals surface area contributed by atoms with Crippen LogP contribution in [-0.4, -0.2) is 34.4 Å². The van der Waals surface area contributed by atoms with E-state index in [0.29, 0.717) is 5.92 Å². The lowest BCUT2D eigenvalue weighted by Crippen LogP contribution is -2.16. The van der Waals surface area contributed by atoms with Crippen LogP contribution in [0.1, 0.15) is 12.2 Å². The van der Waals surface area contributed by atoms with Crippen LogP contribution in [0.3, 0.4) is 0 Å². The summed E-state index contributed by atoms with van der Waals surface area (Å²) >= 11 is 0. The maximum atomic E-state index is 6.02. The van der Waals surface area contributed by atoms with Gasteiger partial charge in [-0.15, -0.1) is 0 Å². The second-order valence-electron chi connectivity index (χ2n) is 5.01. The fraction of sp³-hybridized carbons (Fsp3) is 0.462. The monoisotopic (exact) mass is 230 g/mol. The van der Waals surface area contributed by atoms with Crippen molar-refractivity contribution in [2.45, 2.75) is 12.8 Å². The van der Waals surface area contributed by atoms with Crippen LogP contribution in [0.25, 0.3) is 5.52 Å². The number of imidazole rings is 1. The number of fused-ring (bicyclic) bond motifs is 1. The van der Waals surface area contributed by atoms with E-state index in [1.165, 1.54) is 19.5 Å². The molecule has 1 fully saturated rings. The van der Waals surface area contributed by atoms with E-state index >= 15 is 0 Å². The highest BCUT2D eigenvalue weighted by Gasteiger charge is 2.21. The molecule has 0 amide bonds. The molecule has 0 spiro atoms. The van der Waals surface area contributed by atoms with Crippen LogP contribution in [0, 0.1) is 5.92 Å². The number of nitrogens with two attached hydrogens (primary N) is 1. The first kappa shape index (κ1) is 10.6. The molecule has 1 aliphatic rings. The van der Waals surface area contributed by atoms with E-state index in [1.807, 2.05) is 24.4 Å². The van der Waals surface area contributed by atoms with Gasteiger partial charge in [-0.1, -0.05) is 6.07 Å². The maximum Gasteiger partial charge on any atom is 0.115 e. The number of rotatable bonds is 2. The van der Waals surface area contributed by atoms with Gasteiger partial charge in [0.05, 0.1) is 11.7 Å². The molecule has 1 unspecified atom stereocenters. The molecule has 2 aromatic heterocycles. The average molecular weight is 230 g/mol. The van der Waals surface area contributed by atoms with Crippen molar-refractivity contribution >= 4 is 11.3 Å². The Hall–Kier alpha value is -1.55. The summed E-state index contributed by atoms with van der Waals surface area (Å²) < 4.78 is 2.07. The number of pyridine rings is 1. The molecule has 0 aromatic carbocycles. The fourth-order valence-corrected chi connectivity index (χ4v) is 2.74. The number of hydrogen-bond donors (Lipinski definition) is 1. The van der Waals surface area contributed by atoms with E-state index in [4.69, 9.17) is 5.73 Å². The van der Waals surface area contributed by atoms with Crippen LogP contribution in [0.5, 0.6) is 0 Å². The number of aromatic nitrogens is 2. The molecule has 17 heavy (non-hydrogen) atoms. The molecule has 0 saturated carbocycles. The standard InChI is InChI=1S/C13H18N4/c1-16-6-5-10(9-16)7-13-15-8-11-3-2-4-12(14)17(11)13/h2-4,8,10H,5-7,9,14H2,1H3. The maximum absolute atomic E-state index is 6.02. The summed E-state index contributed by atoms with van der Waals surface area (Å²) in [6, 6.07) is 5.95. The van der Waals surface area contributed by atoms with Gasteiger partial charge < -0.3 is 10.6 Å². The predicted molar refractivity (Wildman–Crippen MR) is 68.9 cm³/mol. The van der Waals surface area contributed by atoms with Crippen LogP contribution in [0.4, 0.5) is 5.82 Å². The van der Waals surface area contributed by atoms with Crippen LogP contribution >= 0.6 is 0 Å². The Kier molecular flexibility index (Phi) is 2.52. The number of hydrogen-bond acceptors (Lipinski definition) is 3. The molecular weight excluding hydrogens is 212 g/mol. The van der Waals surface area contributed by atoms with E-state index in [2.05, 4.69) is 21.3 Å². The molecule has 4 nitrogen and oxygen atoms in total. The van der Waals surface area contributed by atoms with Crippen molar-refractivity contribution < 1.29 is 0 Å². The molecule has 4 heteroatoms. The molecule has 3 rings (SSSR count). The first-order valence-corrected chi connectivity index (χ1v) is 6.13. The van der Waals surface area contributed by atoms with E-state index in [1.54, 1.807) is 0 Å². The molecular formula is C13H18N4. The van der Waals surface area contributed by atoms with Crippen molar-refractivity contribution in [1.82, 2.24) is 14.3 Å². The van der Waals surface area contributed by atoms with E-state index in [9.17, 15) is 0 Å². The van der Waals surface area contributed by atoms with Crippen molar-refractivity contribution in [1.29, 1.82) is 0 Å². The first-order chi connectivity index (χ1) is 8.24. The van der Waals surface area contributed by atoms with E-state index in [0.717, 1.165) is 23.6 Å². The first-order valence-electron chi connectivity index (χ1n) is 6.13. The number of anilines is 1. The summed E-state index contributed by atoms with van der Waals surface area (Å²) in [5, 5.41) is 0. The molecule has 1 aliphatic heterocycles. The van der Waals surface area contributed by atoms with Gasteiger partial charge in [-0.2, -0.15) is 0 Å². The lowest BCUT2D eigenvalue weighted by Gasteiger charge is -2.10. The number of likely N-dealkylation sites (tertiary alicyclic amines) is 1. The summed E-state index contributed by atoms with van der Waals surface area (Å²) in [6.45, 7) is 2.37. The highest BCUT2D eigenvalue weighted by atomic mass is 15.1. The molecule has 3 heterocycles. The minimum atomic E-state index is 0.713. The van der Waals surface area contributed by atoms with Gasteiger partial charge in [0, 0.05) is 13.0 Å². The molecule has 1 atom stereocenters. The topological polar surface area (TPSA) is 46.6 Å². The summed E-state index contributed by atoms with van der Waals surface area (Å²) in [5.41, 5.74) is 7.10. The normalized spacial score (nSPS) is 21.4. The van der Waals surface area contributed by atoms with Crippen molar-refractivity contribution in [3.05, 3.63) is 30.2 Å². The highest BCUT2D eigenvalue weighted by molar-refractivity contribution is 5.53. The lowest BCUT2D eigenvalue weighted by atomic mass is 10.0. The summed E-state index contributed by atoms with van der Waals surface area (Å²) in [4.78, 5) is 6.89. The second kappa shape index (κ2) is 4.04. The molecule has 0 bridgehead atoms. The Morgan fingerprint density at radius 2 is 2.35 bits per heavy atom. The van der Waals surface area contributed by atoms with Crippen LogP contribution in [-0.2, 0) is 6.42 Å². The van der Waals surface area contributed by atoms with Crippen molar-refractivity contribution in [2.75, 3.05) is 25.9 Å². The molecule has 2 N–H and O–H groups in total. The third kappa shape index (κ3) is 1.89. The zero-order valence-electron chi connectivity index (χ0n) is 10.1. The SMILES string of the molecule is CN1CCC(Cc2ncc3cccc(N)n23)C1.